The molecular weight excluding hydrogens is 250 g/mol. The smallest absolute Gasteiger partial charge is 0.147 e. The van der Waals surface area contributed by atoms with Crippen LogP contribution in [0.1, 0.15) is 6.42 Å². The maximum Gasteiger partial charge on any atom is 0.147 e. The van der Waals surface area contributed by atoms with Crippen LogP contribution >= 0.6 is 11.3 Å². The number of thiophene rings is 1. The second-order valence-corrected chi connectivity index (χ2v) is 5.32. The summed E-state index contributed by atoms with van der Waals surface area (Å²) in [5.74, 6) is 0.873. The highest BCUT2D eigenvalue weighted by molar-refractivity contribution is 7.17. The number of nitrogens with one attached hydrogen (secondary N) is 1. The third kappa shape index (κ3) is 2.07. The molecule has 3 rings (SSSR count). The fourth-order valence-corrected chi connectivity index (χ4v) is 2.93. The van der Waals surface area contributed by atoms with Gasteiger partial charge < -0.3 is 14.8 Å². The zero-order chi connectivity index (χ0) is 12.4. The van der Waals surface area contributed by atoms with E-state index in [9.17, 15) is 0 Å². The number of ether oxygens (including phenoxy) is 2. The Balaban J connectivity index is 1.78. The lowest BCUT2D eigenvalue weighted by molar-refractivity contribution is -0.00623. The molecule has 18 heavy (non-hydrogen) atoms. The van der Waals surface area contributed by atoms with Gasteiger partial charge in [0, 0.05) is 26.7 Å². The molecule has 1 unspecified atom stereocenters. The summed E-state index contributed by atoms with van der Waals surface area (Å²) in [6.07, 6.45) is 2.50. The molecule has 1 aliphatic rings. The van der Waals surface area contributed by atoms with Crippen LogP contribution in [0.25, 0.3) is 10.2 Å². The molecule has 96 valence electrons. The minimum atomic E-state index is -0.228. The van der Waals surface area contributed by atoms with Gasteiger partial charge in [-0.2, -0.15) is 0 Å². The fraction of sp³-hybridized carbons (Fsp3) is 0.500. The molecular formula is C12H15N3O2S. The Hall–Kier alpha value is -1.24. The van der Waals surface area contributed by atoms with E-state index in [1.807, 2.05) is 11.4 Å². The van der Waals surface area contributed by atoms with E-state index in [1.165, 1.54) is 0 Å². The average molecular weight is 265 g/mol. The standard InChI is InChI=1S/C12H15N3O2S/c1-16-12(3-4-17-7-12)6-13-11-10-9(2-5-18-10)14-8-15-11/h2,5,8H,3-4,6-7H2,1H3,(H,13,14,15). The zero-order valence-corrected chi connectivity index (χ0v) is 11.0. The molecule has 2 aromatic heterocycles. The van der Waals surface area contributed by atoms with Crippen LogP contribution in [-0.4, -0.2) is 42.4 Å². The Kier molecular flexibility index (Phi) is 3.15. The monoisotopic (exact) mass is 265 g/mol. The highest BCUT2D eigenvalue weighted by Gasteiger charge is 2.34. The quantitative estimate of drug-likeness (QED) is 0.915. The Morgan fingerprint density at radius 1 is 1.56 bits per heavy atom. The van der Waals surface area contributed by atoms with E-state index >= 15 is 0 Å². The summed E-state index contributed by atoms with van der Waals surface area (Å²) in [7, 11) is 1.73. The highest BCUT2D eigenvalue weighted by atomic mass is 32.1. The highest BCUT2D eigenvalue weighted by Crippen LogP contribution is 2.27. The van der Waals surface area contributed by atoms with Gasteiger partial charge in [0.2, 0.25) is 0 Å². The lowest BCUT2D eigenvalue weighted by Crippen LogP contribution is -2.39. The van der Waals surface area contributed by atoms with Gasteiger partial charge in [-0.3, -0.25) is 0 Å². The van der Waals surface area contributed by atoms with Gasteiger partial charge in [-0.1, -0.05) is 0 Å². The minimum Gasteiger partial charge on any atom is -0.378 e. The summed E-state index contributed by atoms with van der Waals surface area (Å²) in [5, 5.41) is 5.38. The van der Waals surface area contributed by atoms with Gasteiger partial charge in [0.1, 0.15) is 17.7 Å². The maximum atomic E-state index is 5.59. The first-order valence-electron chi connectivity index (χ1n) is 5.88. The third-order valence-electron chi connectivity index (χ3n) is 3.32. The number of fused-ring (bicyclic) bond motifs is 1. The lowest BCUT2D eigenvalue weighted by atomic mass is 10.0. The normalized spacial score (nSPS) is 23.6. The molecule has 0 amide bonds. The second kappa shape index (κ2) is 4.79. The summed E-state index contributed by atoms with van der Waals surface area (Å²) in [4.78, 5) is 8.52. The predicted octanol–water partition coefficient (Wildman–Crippen LogP) is 1.91. The van der Waals surface area contributed by atoms with Crippen LogP contribution in [0.4, 0.5) is 5.82 Å². The topological polar surface area (TPSA) is 56.3 Å². The molecule has 0 radical (unpaired) electrons. The van der Waals surface area contributed by atoms with Gasteiger partial charge in [-0.05, 0) is 11.4 Å². The van der Waals surface area contributed by atoms with E-state index in [-0.39, 0.29) is 5.60 Å². The van der Waals surface area contributed by atoms with Crippen molar-refractivity contribution in [3.05, 3.63) is 17.8 Å². The van der Waals surface area contributed by atoms with Crippen LogP contribution in [0.5, 0.6) is 0 Å². The number of rotatable bonds is 4. The Morgan fingerprint density at radius 2 is 2.50 bits per heavy atom. The number of hydrogen-bond donors (Lipinski definition) is 1. The zero-order valence-electron chi connectivity index (χ0n) is 10.2. The van der Waals surface area contributed by atoms with Gasteiger partial charge in [-0.25, -0.2) is 9.97 Å². The number of anilines is 1. The van der Waals surface area contributed by atoms with E-state index < -0.39 is 0 Å². The first-order chi connectivity index (χ1) is 8.83. The predicted molar refractivity (Wildman–Crippen MR) is 71.1 cm³/mol. The number of methoxy groups -OCH3 is 1. The van der Waals surface area contributed by atoms with Gasteiger partial charge in [0.25, 0.3) is 0 Å². The maximum absolute atomic E-state index is 5.59. The molecule has 3 heterocycles. The van der Waals surface area contributed by atoms with E-state index in [2.05, 4.69) is 15.3 Å². The van der Waals surface area contributed by atoms with Crippen molar-refractivity contribution in [2.24, 2.45) is 0 Å². The van der Waals surface area contributed by atoms with Gasteiger partial charge in [0.15, 0.2) is 0 Å². The summed E-state index contributed by atoms with van der Waals surface area (Å²) in [6.45, 7) is 2.09. The molecule has 0 saturated carbocycles. The van der Waals surface area contributed by atoms with E-state index in [4.69, 9.17) is 9.47 Å². The number of nitrogens with zero attached hydrogens (tertiary/aromatic N) is 2. The van der Waals surface area contributed by atoms with Crippen molar-refractivity contribution in [1.82, 2.24) is 9.97 Å². The molecule has 0 spiro atoms. The van der Waals surface area contributed by atoms with Gasteiger partial charge in [0.05, 0.1) is 16.8 Å². The Bertz CT molecular complexity index is 537. The van der Waals surface area contributed by atoms with Crippen LogP contribution < -0.4 is 5.32 Å². The van der Waals surface area contributed by atoms with E-state index in [0.717, 1.165) is 29.1 Å². The van der Waals surface area contributed by atoms with Crippen LogP contribution in [0.3, 0.4) is 0 Å². The van der Waals surface area contributed by atoms with Crippen LogP contribution in [0.2, 0.25) is 0 Å². The van der Waals surface area contributed by atoms with Crippen molar-refractivity contribution in [3.8, 4) is 0 Å². The molecule has 5 nitrogen and oxygen atoms in total. The molecule has 1 fully saturated rings. The number of aromatic nitrogens is 2. The van der Waals surface area contributed by atoms with E-state index in [1.54, 1.807) is 24.8 Å². The first-order valence-corrected chi connectivity index (χ1v) is 6.76. The molecule has 0 bridgehead atoms. The molecule has 1 N–H and O–H groups in total. The van der Waals surface area contributed by atoms with Crippen molar-refractivity contribution in [2.45, 2.75) is 12.0 Å². The minimum absolute atomic E-state index is 0.228. The van der Waals surface area contributed by atoms with Gasteiger partial charge in [-0.15, -0.1) is 11.3 Å². The second-order valence-electron chi connectivity index (χ2n) is 4.40. The summed E-state index contributed by atoms with van der Waals surface area (Å²) >= 11 is 1.64. The number of hydrogen-bond acceptors (Lipinski definition) is 6. The molecule has 1 atom stereocenters. The van der Waals surface area contributed by atoms with Crippen LogP contribution in [0, 0.1) is 0 Å². The van der Waals surface area contributed by atoms with E-state index in [0.29, 0.717) is 13.2 Å². The summed E-state index contributed by atoms with van der Waals surface area (Å²) < 4.78 is 12.1. The van der Waals surface area contributed by atoms with Crippen molar-refractivity contribution >= 4 is 27.4 Å². The molecule has 0 aromatic carbocycles. The van der Waals surface area contributed by atoms with Crippen molar-refractivity contribution < 1.29 is 9.47 Å². The van der Waals surface area contributed by atoms with Crippen molar-refractivity contribution in [3.63, 3.8) is 0 Å². The van der Waals surface area contributed by atoms with Crippen LogP contribution in [-0.2, 0) is 9.47 Å². The Morgan fingerprint density at radius 3 is 3.28 bits per heavy atom. The molecule has 1 saturated heterocycles. The lowest BCUT2D eigenvalue weighted by Gasteiger charge is -2.26. The van der Waals surface area contributed by atoms with Crippen molar-refractivity contribution in [1.29, 1.82) is 0 Å². The largest absolute Gasteiger partial charge is 0.378 e. The van der Waals surface area contributed by atoms with Crippen molar-refractivity contribution in [2.75, 3.05) is 32.2 Å². The molecule has 1 aliphatic heterocycles. The summed E-state index contributed by atoms with van der Waals surface area (Å²) in [6, 6.07) is 2.00. The summed E-state index contributed by atoms with van der Waals surface area (Å²) in [5.41, 5.74) is 0.751. The average Bonchev–Trinajstić information content (AvgIpc) is 3.06. The first kappa shape index (κ1) is 11.8. The Labute approximate surface area is 109 Å². The molecule has 0 aliphatic carbocycles. The third-order valence-corrected chi connectivity index (χ3v) is 4.23. The molecule has 6 heteroatoms. The van der Waals surface area contributed by atoms with Gasteiger partial charge >= 0.3 is 0 Å². The molecule has 2 aromatic rings. The fourth-order valence-electron chi connectivity index (χ4n) is 2.12. The van der Waals surface area contributed by atoms with Crippen LogP contribution in [0.15, 0.2) is 17.8 Å². The SMILES string of the molecule is COC1(CNc2ncnc3ccsc23)CCOC1.